The van der Waals surface area contributed by atoms with Gasteiger partial charge in [-0.25, -0.2) is 0 Å². The molecule has 3 heterocycles. The van der Waals surface area contributed by atoms with Gasteiger partial charge in [-0.1, -0.05) is 0 Å². The predicted molar refractivity (Wildman–Crippen MR) is 107 cm³/mol. The van der Waals surface area contributed by atoms with Crippen molar-refractivity contribution >= 4 is 41.2 Å². The number of aromatic nitrogens is 2. The normalized spacial score (nSPS) is 13.2. The molecule has 1 aliphatic heterocycles. The molecule has 2 aromatic heterocycles. The van der Waals surface area contributed by atoms with E-state index in [-0.39, 0.29) is 20.4 Å². The first-order valence-electron chi connectivity index (χ1n) is 8.55. The van der Waals surface area contributed by atoms with Gasteiger partial charge in [0.25, 0.3) is 0 Å². The quantitative estimate of drug-likeness (QED) is 0.476. The molecular weight excluding hydrogens is 389 g/mol. The van der Waals surface area contributed by atoms with Crippen LogP contribution in [-0.2, 0) is 5.41 Å². The maximum absolute atomic E-state index is 5.47. The van der Waals surface area contributed by atoms with Crippen molar-refractivity contribution in [3.05, 3.63) is 60.4 Å². The number of methoxy groups -OCH3 is 1. The number of ether oxygens (including phenoxy) is 1. The Kier molecular flexibility index (Phi) is 4.22. The van der Waals surface area contributed by atoms with E-state index in [1.165, 1.54) is 14.5 Å². The van der Waals surface area contributed by atoms with Gasteiger partial charge in [0, 0.05) is 0 Å². The van der Waals surface area contributed by atoms with Gasteiger partial charge in [-0.15, -0.1) is 0 Å². The molecule has 0 N–H and O–H groups in total. The van der Waals surface area contributed by atoms with E-state index in [0.29, 0.717) is 0 Å². The van der Waals surface area contributed by atoms with Crippen molar-refractivity contribution in [1.82, 2.24) is 9.97 Å². The van der Waals surface area contributed by atoms with Gasteiger partial charge >= 0.3 is 160 Å². The molecule has 132 valence electrons. The number of rotatable bonds is 2. The van der Waals surface area contributed by atoms with Crippen LogP contribution in [0.2, 0.25) is 0 Å². The molecule has 0 amide bonds. The third kappa shape index (κ3) is 2.98. The van der Waals surface area contributed by atoms with E-state index in [1.54, 1.807) is 7.11 Å². The number of hydrogen-bond donors (Lipinski definition) is 0. The summed E-state index contributed by atoms with van der Waals surface area (Å²) in [7, 11) is 1.70. The van der Waals surface area contributed by atoms with Crippen LogP contribution in [0.25, 0.3) is 0 Å². The van der Waals surface area contributed by atoms with Gasteiger partial charge in [0.05, 0.1) is 0 Å². The van der Waals surface area contributed by atoms with Crippen LogP contribution in [0.3, 0.4) is 0 Å². The minimum atomic E-state index is 0.0571. The first kappa shape index (κ1) is 17.1. The summed E-state index contributed by atoms with van der Waals surface area (Å²) in [5.74, 6) is 2.70. The second-order valence-corrected chi connectivity index (χ2v) is 9.52. The summed E-state index contributed by atoms with van der Waals surface area (Å²) in [5, 5.41) is 0. The summed E-state index contributed by atoms with van der Waals surface area (Å²) >= 11 is 0.212. The zero-order valence-electron chi connectivity index (χ0n) is 15.4. The van der Waals surface area contributed by atoms with Crippen LogP contribution in [0, 0.1) is 0 Å². The molecule has 0 radical (unpaired) electrons. The van der Waals surface area contributed by atoms with Crippen molar-refractivity contribution in [2.45, 2.75) is 26.2 Å². The molecule has 1 aromatic carbocycles. The van der Waals surface area contributed by atoms with Crippen LogP contribution in [0.5, 0.6) is 5.75 Å². The van der Waals surface area contributed by atoms with Crippen molar-refractivity contribution in [3.63, 3.8) is 0 Å². The van der Waals surface area contributed by atoms with Gasteiger partial charge in [-0.05, 0) is 0 Å². The van der Waals surface area contributed by atoms with Gasteiger partial charge in [0.2, 0.25) is 0 Å². The fraction of sp³-hybridized carbons (Fsp3) is 0.238. The number of pyridine rings is 2. The Morgan fingerprint density at radius 3 is 2.58 bits per heavy atom. The molecule has 3 aromatic rings. The van der Waals surface area contributed by atoms with Crippen LogP contribution in [0.15, 0.2) is 54.9 Å². The standard InChI is InChI=1S/C21H21N3OSe/c1-21(2,3)14-9-11-22-19(12-14)24-16-13-15(25-4)7-8-17(16)26-18-6-5-10-23-20(18)24/h5-13H,1-4H3. The molecular formula is C21H21N3OSe. The maximum atomic E-state index is 5.47. The van der Waals surface area contributed by atoms with E-state index in [2.05, 4.69) is 66.0 Å². The predicted octanol–water partition coefficient (Wildman–Crippen LogP) is 3.22. The van der Waals surface area contributed by atoms with Crippen LogP contribution < -0.4 is 18.6 Å². The summed E-state index contributed by atoms with van der Waals surface area (Å²) in [5.41, 5.74) is 2.41. The Morgan fingerprint density at radius 1 is 0.962 bits per heavy atom. The molecule has 0 bridgehead atoms. The van der Waals surface area contributed by atoms with E-state index in [1.807, 2.05) is 24.5 Å². The van der Waals surface area contributed by atoms with Gasteiger partial charge in [0.1, 0.15) is 0 Å². The summed E-state index contributed by atoms with van der Waals surface area (Å²) in [6, 6.07) is 14.7. The number of hydrogen-bond acceptors (Lipinski definition) is 4. The monoisotopic (exact) mass is 411 g/mol. The zero-order chi connectivity index (χ0) is 18.3. The summed E-state index contributed by atoms with van der Waals surface area (Å²) in [6.45, 7) is 6.65. The average Bonchev–Trinajstić information content (AvgIpc) is 2.65. The molecule has 26 heavy (non-hydrogen) atoms. The minimum absolute atomic E-state index is 0.0571. The molecule has 0 fully saturated rings. The number of benzene rings is 1. The third-order valence-electron chi connectivity index (χ3n) is 4.43. The van der Waals surface area contributed by atoms with E-state index in [4.69, 9.17) is 4.74 Å². The molecule has 4 rings (SSSR count). The first-order valence-corrected chi connectivity index (χ1v) is 10.3. The summed E-state index contributed by atoms with van der Waals surface area (Å²) in [4.78, 5) is 11.5. The van der Waals surface area contributed by atoms with Crippen molar-refractivity contribution in [2.75, 3.05) is 12.0 Å². The Bertz CT molecular complexity index is 965. The summed E-state index contributed by atoms with van der Waals surface area (Å²) in [6.07, 6.45) is 3.73. The SMILES string of the molecule is COc1ccc2c(c1)N(c1cc(C(C)(C)C)ccn1)c1ncccc1[Se]2. The van der Waals surface area contributed by atoms with Crippen molar-refractivity contribution in [1.29, 1.82) is 0 Å². The Labute approximate surface area is 160 Å². The summed E-state index contributed by atoms with van der Waals surface area (Å²) < 4.78 is 8.04. The number of nitrogens with zero attached hydrogens (tertiary/aromatic N) is 3. The van der Waals surface area contributed by atoms with Gasteiger partial charge in [0.15, 0.2) is 0 Å². The molecule has 0 atom stereocenters. The Hall–Kier alpha value is -2.36. The van der Waals surface area contributed by atoms with Crippen LogP contribution in [0.1, 0.15) is 26.3 Å². The fourth-order valence-corrected chi connectivity index (χ4v) is 5.11. The molecule has 4 nitrogen and oxygen atoms in total. The van der Waals surface area contributed by atoms with E-state index < -0.39 is 0 Å². The van der Waals surface area contributed by atoms with E-state index in [9.17, 15) is 0 Å². The van der Waals surface area contributed by atoms with Crippen LogP contribution in [-0.4, -0.2) is 32.0 Å². The zero-order valence-corrected chi connectivity index (χ0v) is 17.1. The number of fused-ring (bicyclic) bond motifs is 2. The second kappa shape index (κ2) is 6.42. The molecule has 0 saturated carbocycles. The first-order chi connectivity index (χ1) is 12.5. The molecule has 0 aliphatic carbocycles. The van der Waals surface area contributed by atoms with Gasteiger partial charge in [-0.2, -0.15) is 0 Å². The van der Waals surface area contributed by atoms with Crippen molar-refractivity contribution in [3.8, 4) is 5.75 Å². The molecule has 5 heteroatoms. The van der Waals surface area contributed by atoms with Gasteiger partial charge in [-0.3, -0.25) is 0 Å². The molecule has 1 aliphatic rings. The average molecular weight is 410 g/mol. The van der Waals surface area contributed by atoms with Crippen molar-refractivity contribution < 1.29 is 4.74 Å². The number of anilines is 3. The van der Waals surface area contributed by atoms with Crippen LogP contribution >= 0.6 is 0 Å². The molecule has 0 spiro atoms. The van der Waals surface area contributed by atoms with Gasteiger partial charge < -0.3 is 0 Å². The molecule has 0 saturated heterocycles. The van der Waals surface area contributed by atoms with E-state index in [0.717, 1.165) is 23.1 Å². The van der Waals surface area contributed by atoms with Crippen LogP contribution in [0.4, 0.5) is 17.3 Å². The third-order valence-corrected chi connectivity index (χ3v) is 6.75. The van der Waals surface area contributed by atoms with E-state index >= 15 is 0 Å². The fourth-order valence-electron chi connectivity index (χ4n) is 2.99. The van der Waals surface area contributed by atoms with Crippen molar-refractivity contribution in [2.24, 2.45) is 0 Å². The second-order valence-electron chi connectivity index (χ2n) is 7.25. The molecule has 0 unspecified atom stereocenters. The Morgan fingerprint density at radius 2 is 1.81 bits per heavy atom. The Balaban J connectivity index is 1.93. The topological polar surface area (TPSA) is 38.2 Å².